The Balaban J connectivity index is 1.42. The van der Waals surface area contributed by atoms with Crippen molar-refractivity contribution < 1.29 is 18.3 Å². The maximum Gasteiger partial charge on any atom is 0.266 e. The second-order valence-electron chi connectivity index (χ2n) is 9.30. The second-order valence-corrected chi connectivity index (χ2v) is 9.67. The number of piperidine rings is 1. The van der Waals surface area contributed by atoms with Crippen molar-refractivity contribution in [3.05, 3.63) is 47.8 Å². The van der Waals surface area contributed by atoms with E-state index in [-0.39, 0.29) is 28.5 Å². The van der Waals surface area contributed by atoms with E-state index in [1.54, 1.807) is 6.07 Å². The normalized spacial score (nSPS) is 20.4. The van der Waals surface area contributed by atoms with E-state index in [4.69, 9.17) is 22.2 Å². The first-order chi connectivity index (χ1) is 16.8. The number of anilines is 2. The van der Waals surface area contributed by atoms with Gasteiger partial charge in [-0.25, -0.2) is 13.8 Å². The van der Waals surface area contributed by atoms with Gasteiger partial charge in [-0.05, 0) is 81.7 Å². The molecule has 1 amide bonds. The van der Waals surface area contributed by atoms with Gasteiger partial charge in [-0.1, -0.05) is 0 Å². The zero-order valence-corrected chi connectivity index (χ0v) is 20.1. The van der Waals surface area contributed by atoms with Gasteiger partial charge in [-0.2, -0.15) is 5.26 Å². The van der Waals surface area contributed by atoms with E-state index in [0.29, 0.717) is 12.8 Å². The van der Waals surface area contributed by atoms with Gasteiger partial charge < -0.3 is 14.5 Å². The van der Waals surface area contributed by atoms with Crippen molar-refractivity contribution in [2.75, 3.05) is 29.9 Å². The zero-order valence-electron chi connectivity index (χ0n) is 19.3. The largest absolute Gasteiger partial charge is 0.490 e. The molecule has 182 valence electrons. The van der Waals surface area contributed by atoms with E-state index in [1.807, 2.05) is 29.2 Å². The number of nitriles is 1. The standard InChI is InChI=1S/C25H25F2N5O2S/c1-30-11-7-19(8-12-30)34-18-5-3-16(4-6-18)32-24(35)31(23(33)25(32)9-2-10-25)17-13-20(22(26)27)21(14-28)29-15-17/h3-6,13,15,19,22H,2,7-12H2,1H3. The highest BCUT2D eigenvalue weighted by Crippen LogP contribution is 2.48. The minimum Gasteiger partial charge on any atom is -0.490 e. The van der Waals surface area contributed by atoms with E-state index in [0.717, 1.165) is 49.9 Å². The molecule has 0 unspecified atom stereocenters. The van der Waals surface area contributed by atoms with Crippen molar-refractivity contribution in [2.24, 2.45) is 0 Å². The molecule has 3 aliphatic rings. The number of hydrogen-bond donors (Lipinski definition) is 0. The smallest absolute Gasteiger partial charge is 0.266 e. The number of carbonyl (C=O) groups excluding carboxylic acids is 1. The van der Waals surface area contributed by atoms with Crippen LogP contribution in [0.3, 0.4) is 0 Å². The molecule has 0 radical (unpaired) electrons. The van der Waals surface area contributed by atoms with Gasteiger partial charge in [0, 0.05) is 18.8 Å². The van der Waals surface area contributed by atoms with Crippen molar-refractivity contribution in [1.29, 1.82) is 5.26 Å². The Morgan fingerprint density at radius 2 is 1.89 bits per heavy atom. The van der Waals surface area contributed by atoms with Crippen LogP contribution in [0.5, 0.6) is 5.75 Å². The van der Waals surface area contributed by atoms with Gasteiger partial charge >= 0.3 is 0 Å². The summed E-state index contributed by atoms with van der Waals surface area (Å²) in [6.07, 6.45) is 2.57. The molecule has 1 aliphatic carbocycles. The summed E-state index contributed by atoms with van der Waals surface area (Å²) in [5.74, 6) is 0.504. The number of aromatic nitrogens is 1. The molecule has 1 aromatic heterocycles. The number of carbonyl (C=O) groups is 1. The molecule has 0 bridgehead atoms. The van der Waals surface area contributed by atoms with Gasteiger partial charge in [-0.15, -0.1) is 0 Å². The van der Waals surface area contributed by atoms with Crippen LogP contribution in [-0.4, -0.2) is 52.7 Å². The molecule has 7 nitrogen and oxygen atoms in total. The Labute approximate surface area is 207 Å². The third-order valence-corrected chi connectivity index (χ3v) is 7.52. The molecule has 35 heavy (non-hydrogen) atoms. The average Bonchev–Trinajstić information content (AvgIpc) is 3.07. The summed E-state index contributed by atoms with van der Waals surface area (Å²) in [5, 5.41) is 9.33. The third kappa shape index (κ3) is 4.02. The lowest BCUT2D eigenvalue weighted by atomic mass is 9.75. The van der Waals surface area contributed by atoms with Crippen LogP contribution in [0.15, 0.2) is 36.5 Å². The molecule has 1 spiro atoms. The van der Waals surface area contributed by atoms with E-state index < -0.39 is 17.5 Å². The lowest BCUT2D eigenvalue weighted by Gasteiger charge is -2.43. The molecule has 0 atom stereocenters. The Kier molecular flexibility index (Phi) is 6.15. The topological polar surface area (TPSA) is 72.7 Å². The number of rotatable bonds is 5. The summed E-state index contributed by atoms with van der Waals surface area (Å²) in [6.45, 7) is 2.01. The van der Waals surface area contributed by atoms with Crippen LogP contribution in [0.25, 0.3) is 0 Å². The number of alkyl halides is 2. The van der Waals surface area contributed by atoms with E-state index >= 15 is 0 Å². The molecule has 1 saturated carbocycles. The molecule has 2 aromatic rings. The van der Waals surface area contributed by atoms with E-state index in [9.17, 15) is 13.6 Å². The predicted octanol–water partition coefficient (Wildman–Crippen LogP) is 4.42. The summed E-state index contributed by atoms with van der Waals surface area (Å²) in [4.78, 5) is 22.8. The van der Waals surface area contributed by atoms with Crippen LogP contribution in [0.4, 0.5) is 20.2 Å². The maximum absolute atomic E-state index is 13.6. The van der Waals surface area contributed by atoms with Crippen LogP contribution in [0.1, 0.15) is 49.8 Å². The minimum atomic E-state index is -2.89. The first-order valence-corrected chi connectivity index (χ1v) is 12.1. The molecular weight excluding hydrogens is 472 g/mol. The number of amides is 1. The Morgan fingerprint density at radius 3 is 2.46 bits per heavy atom. The van der Waals surface area contributed by atoms with Gasteiger partial charge in [0.15, 0.2) is 5.11 Å². The lowest BCUT2D eigenvalue weighted by molar-refractivity contribution is -0.123. The van der Waals surface area contributed by atoms with Crippen molar-refractivity contribution in [2.45, 2.75) is 50.2 Å². The summed E-state index contributed by atoms with van der Waals surface area (Å²) in [6, 6.07) is 10.3. The number of nitrogens with zero attached hydrogens (tertiary/aromatic N) is 5. The molecule has 3 heterocycles. The maximum atomic E-state index is 13.6. The summed E-state index contributed by atoms with van der Waals surface area (Å²) >= 11 is 5.71. The number of benzene rings is 1. The highest BCUT2D eigenvalue weighted by Gasteiger charge is 2.59. The molecular formula is C25H25F2N5O2S. The Hall–Kier alpha value is -3.16. The average molecular weight is 498 g/mol. The number of halogens is 2. The Morgan fingerprint density at radius 1 is 1.20 bits per heavy atom. The lowest BCUT2D eigenvalue weighted by Crippen LogP contribution is -2.55. The van der Waals surface area contributed by atoms with Crippen LogP contribution in [0, 0.1) is 11.3 Å². The van der Waals surface area contributed by atoms with Crippen LogP contribution in [0.2, 0.25) is 0 Å². The highest BCUT2D eigenvalue weighted by molar-refractivity contribution is 7.81. The summed E-state index contributed by atoms with van der Waals surface area (Å²) in [5.41, 5.74) is -0.831. The number of pyridine rings is 1. The number of thiocarbonyl (C=S) groups is 1. The summed E-state index contributed by atoms with van der Waals surface area (Å²) in [7, 11) is 2.10. The number of ether oxygens (including phenoxy) is 1. The van der Waals surface area contributed by atoms with Gasteiger partial charge in [0.05, 0.1) is 17.4 Å². The van der Waals surface area contributed by atoms with E-state index in [2.05, 4.69) is 16.9 Å². The zero-order chi connectivity index (χ0) is 24.7. The number of likely N-dealkylation sites (tertiary alicyclic amines) is 1. The quantitative estimate of drug-likeness (QED) is 0.566. The van der Waals surface area contributed by atoms with Crippen molar-refractivity contribution in [1.82, 2.24) is 9.88 Å². The van der Waals surface area contributed by atoms with E-state index in [1.165, 1.54) is 11.1 Å². The predicted molar refractivity (Wildman–Crippen MR) is 131 cm³/mol. The van der Waals surface area contributed by atoms with Crippen molar-refractivity contribution in [3.63, 3.8) is 0 Å². The first-order valence-electron chi connectivity index (χ1n) is 11.7. The van der Waals surface area contributed by atoms with Gasteiger partial charge in [0.25, 0.3) is 12.3 Å². The van der Waals surface area contributed by atoms with Crippen LogP contribution >= 0.6 is 12.2 Å². The number of hydrogen-bond acceptors (Lipinski definition) is 6. The van der Waals surface area contributed by atoms with Gasteiger partial charge in [0.2, 0.25) is 0 Å². The SMILES string of the molecule is CN1CCC(Oc2ccc(N3C(=S)N(c4cnc(C#N)c(C(F)F)c4)C(=O)C34CCC4)cc2)CC1. The fourth-order valence-corrected chi connectivity index (χ4v) is 5.50. The highest BCUT2D eigenvalue weighted by atomic mass is 32.1. The molecule has 2 aliphatic heterocycles. The first kappa shape index (κ1) is 23.6. The Bertz CT molecular complexity index is 1190. The fourth-order valence-electron chi connectivity index (χ4n) is 5.03. The summed E-state index contributed by atoms with van der Waals surface area (Å²) < 4.78 is 33.2. The minimum absolute atomic E-state index is 0.144. The molecule has 3 fully saturated rings. The molecule has 1 aromatic carbocycles. The van der Waals surface area contributed by atoms with Crippen LogP contribution < -0.4 is 14.5 Å². The second kappa shape index (κ2) is 9.13. The van der Waals surface area contributed by atoms with Crippen molar-refractivity contribution >= 4 is 34.6 Å². The molecule has 2 saturated heterocycles. The van der Waals surface area contributed by atoms with Crippen LogP contribution in [-0.2, 0) is 4.79 Å². The monoisotopic (exact) mass is 497 g/mol. The van der Waals surface area contributed by atoms with Gasteiger partial charge in [-0.3, -0.25) is 9.69 Å². The molecule has 0 N–H and O–H groups in total. The van der Waals surface area contributed by atoms with Crippen molar-refractivity contribution in [3.8, 4) is 11.8 Å². The van der Waals surface area contributed by atoms with Gasteiger partial charge in [0.1, 0.15) is 29.2 Å². The molecule has 10 heteroatoms. The molecule has 5 rings (SSSR count). The third-order valence-electron chi connectivity index (χ3n) is 7.16. The fraction of sp³-hybridized carbons (Fsp3) is 0.440.